The molecule has 0 saturated heterocycles. The molecule has 1 aromatic carbocycles. The molecule has 0 saturated carbocycles. The van der Waals surface area contributed by atoms with E-state index < -0.39 is 11.7 Å². The van der Waals surface area contributed by atoms with Gasteiger partial charge in [-0.25, -0.2) is 9.97 Å². The summed E-state index contributed by atoms with van der Waals surface area (Å²) < 4.78 is 38.1. The van der Waals surface area contributed by atoms with E-state index in [1.54, 1.807) is 29.8 Å². The van der Waals surface area contributed by atoms with Gasteiger partial charge in [0.1, 0.15) is 5.82 Å². The van der Waals surface area contributed by atoms with Crippen molar-refractivity contribution >= 4 is 28.0 Å². The van der Waals surface area contributed by atoms with Crippen LogP contribution in [0.5, 0.6) is 0 Å². The van der Waals surface area contributed by atoms with Crippen molar-refractivity contribution < 1.29 is 13.2 Å². The Morgan fingerprint density at radius 1 is 1.13 bits per heavy atom. The Hall–Kier alpha value is -2.61. The molecule has 0 aliphatic carbocycles. The summed E-state index contributed by atoms with van der Waals surface area (Å²) in [5, 5.41) is 5.17. The lowest BCUT2D eigenvalue weighted by Crippen LogP contribution is -2.05. The van der Waals surface area contributed by atoms with Gasteiger partial charge in [-0.2, -0.15) is 13.2 Å². The van der Waals surface area contributed by atoms with Gasteiger partial charge >= 0.3 is 6.18 Å². The number of benzene rings is 1. The lowest BCUT2D eigenvalue weighted by atomic mass is 10.2. The largest absolute Gasteiger partial charge is 0.416 e. The molecular weight excluding hydrogens is 325 g/mol. The third kappa shape index (κ3) is 3.59. The SMILES string of the molecule is Nc1cc(-c2csc(Nc3cccc(C(F)(F)F)c3)n2)ccn1. The Balaban J connectivity index is 1.82. The minimum absolute atomic E-state index is 0.329. The molecule has 3 aromatic rings. The summed E-state index contributed by atoms with van der Waals surface area (Å²) >= 11 is 1.29. The van der Waals surface area contributed by atoms with E-state index in [-0.39, 0.29) is 0 Å². The molecule has 2 heterocycles. The first-order chi connectivity index (χ1) is 10.9. The van der Waals surface area contributed by atoms with Gasteiger partial charge in [0.15, 0.2) is 5.13 Å². The highest BCUT2D eigenvalue weighted by molar-refractivity contribution is 7.14. The second-order valence-corrected chi connectivity index (χ2v) is 5.57. The molecule has 0 radical (unpaired) electrons. The van der Waals surface area contributed by atoms with Crippen LogP contribution in [-0.2, 0) is 6.18 Å². The second-order valence-electron chi connectivity index (χ2n) is 4.71. The highest BCUT2D eigenvalue weighted by Gasteiger charge is 2.30. The van der Waals surface area contributed by atoms with Crippen molar-refractivity contribution in [2.24, 2.45) is 0 Å². The Kier molecular flexibility index (Phi) is 3.91. The standard InChI is InChI=1S/C15H11F3N4S/c16-15(17,18)10-2-1-3-11(7-10)21-14-22-12(8-23-14)9-4-5-20-13(19)6-9/h1-8H,(H2,19,20)(H,21,22). The summed E-state index contributed by atoms with van der Waals surface area (Å²) in [6, 6.07) is 8.43. The van der Waals surface area contributed by atoms with Gasteiger partial charge in [-0.1, -0.05) is 6.07 Å². The number of aromatic nitrogens is 2. The fourth-order valence-corrected chi connectivity index (χ4v) is 2.71. The molecule has 2 aromatic heterocycles. The quantitative estimate of drug-likeness (QED) is 0.736. The minimum Gasteiger partial charge on any atom is -0.384 e. The zero-order valence-corrected chi connectivity index (χ0v) is 12.4. The van der Waals surface area contributed by atoms with Crippen LogP contribution in [0.4, 0.5) is 29.8 Å². The van der Waals surface area contributed by atoms with Crippen LogP contribution < -0.4 is 11.1 Å². The zero-order chi connectivity index (χ0) is 16.4. The van der Waals surface area contributed by atoms with E-state index in [0.29, 0.717) is 22.3 Å². The Labute approximate surface area is 133 Å². The molecule has 118 valence electrons. The van der Waals surface area contributed by atoms with E-state index >= 15 is 0 Å². The molecule has 0 aliphatic heterocycles. The predicted octanol–water partition coefficient (Wildman–Crippen LogP) is 4.55. The van der Waals surface area contributed by atoms with Crippen molar-refractivity contribution in [1.82, 2.24) is 9.97 Å². The molecule has 0 amide bonds. The van der Waals surface area contributed by atoms with Gasteiger partial charge in [0.05, 0.1) is 11.3 Å². The lowest BCUT2D eigenvalue weighted by Gasteiger charge is -2.08. The average Bonchev–Trinajstić information content (AvgIpc) is 2.95. The summed E-state index contributed by atoms with van der Waals surface area (Å²) in [5.74, 6) is 0.378. The summed E-state index contributed by atoms with van der Waals surface area (Å²) in [6.45, 7) is 0. The van der Waals surface area contributed by atoms with E-state index in [0.717, 1.165) is 17.7 Å². The number of anilines is 3. The monoisotopic (exact) mass is 336 g/mol. The maximum absolute atomic E-state index is 12.7. The number of pyridine rings is 1. The van der Waals surface area contributed by atoms with E-state index in [2.05, 4.69) is 15.3 Å². The van der Waals surface area contributed by atoms with Crippen LogP contribution in [0.1, 0.15) is 5.56 Å². The van der Waals surface area contributed by atoms with Crippen LogP contribution in [0.2, 0.25) is 0 Å². The van der Waals surface area contributed by atoms with Gasteiger partial charge in [-0.15, -0.1) is 11.3 Å². The maximum atomic E-state index is 12.7. The van der Waals surface area contributed by atoms with Crippen molar-refractivity contribution in [2.45, 2.75) is 6.18 Å². The molecule has 0 atom stereocenters. The molecule has 0 bridgehead atoms. The zero-order valence-electron chi connectivity index (χ0n) is 11.6. The smallest absolute Gasteiger partial charge is 0.384 e. The average molecular weight is 336 g/mol. The van der Waals surface area contributed by atoms with Crippen molar-refractivity contribution in [3.05, 3.63) is 53.5 Å². The number of nitrogens with two attached hydrogens (primary N) is 1. The molecule has 0 aliphatic rings. The highest BCUT2D eigenvalue weighted by atomic mass is 32.1. The van der Waals surface area contributed by atoms with E-state index in [9.17, 15) is 13.2 Å². The van der Waals surface area contributed by atoms with Gasteiger partial charge in [0.25, 0.3) is 0 Å². The molecule has 4 nitrogen and oxygen atoms in total. The summed E-state index contributed by atoms with van der Waals surface area (Å²) in [7, 11) is 0. The van der Waals surface area contributed by atoms with Crippen LogP contribution in [0.15, 0.2) is 48.0 Å². The number of nitrogens with zero attached hydrogens (tertiary/aromatic N) is 2. The Morgan fingerprint density at radius 2 is 1.96 bits per heavy atom. The van der Waals surface area contributed by atoms with Crippen LogP contribution in [-0.4, -0.2) is 9.97 Å². The van der Waals surface area contributed by atoms with E-state index in [1.807, 2.05) is 0 Å². The summed E-state index contributed by atoms with van der Waals surface area (Å²) in [4.78, 5) is 8.26. The van der Waals surface area contributed by atoms with E-state index in [1.165, 1.54) is 17.4 Å². The van der Waals surface area contributed by atoms with Crippen LogP contribution in [0.25, 0.3) is 11.3 Å². The van der Waals surface area contributed by atoms with Crippen LogP contribution >= 0.6 is 11.3 Å². The van der Waals surface area contributed by atoms with Crippen molar-refractivity contribution in [2.75, 3.05) is 11.1 Å². The van der Waals surface area contributed by atoms with Gasteiger partial charge in [0.2, 0.25) is 0 Å². The first-order valence-corrected chi connectivity index (χ1v) is 7.41. The predicted molar refractivity (Wildman–Crippen MR) is 84.5 cm³/mol. The number of nitrogen functional groups attached to an aromatic ring is 1. The number of rotatable bonds is 3. The van der Waals surface area contributed by atoms with Crippen molar-refractivity contribution in [3.8, 4) is 11.3 Å². The highest BCUT2D eigenvalue weighted by Crippen LogP contribution is 2.32. The van der Waals surface area contributed by atoms with Crippen LogP contribution in [0.3, 0.4) is 0 Å². The minimum atomic E-state index is -4.37. The fourth-order valence-electron chi connectivity index (χ4n) is 1.97. The fraction of sp³-hybridized carbons (Fsp3) is 0.0667. The number of hydrogen-bond donors (Lipinski definition) is 2. The molecular formula is C15H11F3N4S. The normalized spacial score (nSPS) is 11.4. The van der Waals surface area contributed by atoms with Gasteiger partial charge in [-0.05, 0) is 30.3 Å². The van der Waals surface area contributed by atoms with Gasteiger partial charge in [0, 0.05) is 22.8 Å². The van der Waals surface area contributed by atoms with Gasteiger partial charge < -0.3 is 11.1 Å². The first kappa shape index (κ1) is 15.3. The number of halogens is 3. The third-order valence-electron chi connectivity index (χ3n) is 3.02. The number of thiazole rings is 1. The molecule has 3 rings (SSSR count). The summed E-state index contributed by atoms with van der Waals surface area (Å²) in [5.41, 5.74) is 6.72. The molecule has 0 fully saturated rings. The second kappa shape index (κ2) is 5.88. The Morgan fingerprint density at radius 3 is 2.70 bits per heavy atom. The number of nitrogens with one attached hydrogen (secondary N) is 1. The molecule has 0 spiro atoms. The maximum Gasteiger partial charge on any atom is 0.416 e. The van der Waals surface area contributed by atoms with Crippen molar-refractivity contribution in [1.29, 1.82) is 0 Å². The van der Waals surface area contributed by atoms with Crippen LogP contribution in [0, 0.1) is 0 Å². The Bertz CT molecular complexity index is 829. The van der Waals surface area contributed by atoms with Crippen molar-refractivity contribution in [3.63, 3.8) is 0 Å². The lowest BCUT2D eigenvalue weighted by molar-refractivity contribution is -0.137. The third-order valence-corrected chi connectivity index (χ3v) is 3.78. The number of alkyl halides is 3. The molecule has 23 heavy (non-hydrogen) atoms. The molecule has 3 N–H and O–H groups in total. The molecule has 0 unspecified atom stereocenters. The first-order valence-electron chi connectivity index (χ1n) is 6.53. The number of hydrogen-bond acceptors (Lipinski definition) is 5. The topological polar surface area (TPSA) is 63.8 Å². The molecule has 8 heteroatoms. The van der Waals surface area contributed by atoms with E-state index in [4.69, 9.17) is 5.73 Å². The van der Waals surface area contributed by atoms with Gasteiger partial charge in [-0.3, -0.25) is 0 Å². The summed E-state index contributed by atoms with van der Waals surface area (Å²) in [6.07, 6.45) is -2.80.